The van der Waals surface area contributed by atoms with E-state index in [1.54, 1.807) is 0 Å². The first kappa shape index (κ1) is 15.6. The Morgan fingerprint density at radius 3 is 2.16 bits per heavy atom. The first-order valence-electron chi connectivity index (χ1n) is 9.82. The number of carboxylic acids is 1. The Morgan fingerprint density at radius 1 is 1.04 bits per heavy atom. The van der Waals surface area contributed by atoms with Gasteiger partial charge in [-0.05, 0) is 81.0 Å². The van der Waals surface area contributed by atoms with Crippen LogP contribution in [0.5, 0.6) is 0 Å². The normalized spacial score (nSPS) is 49.8. The first-order chi connectivity index (χ1) is 12.0. The Bertz CT molecular complexity index is 619. The lowest BCUT2D eigenvalue weighted by Gasteiger charge is -2.55. The molecule has 3 amide bonds. The minimum Gasteiger partial charge on any atom is -0.481 e. The average molecular weight is 346 g/mol. The summed E-state index contributed by atoms with van der Waals surface area (Å²) in [6, 6.07) is -0.467. The summed E-state index contributed by atoms with van der Waals surface area (Å²) in [6.07, 6.45) is 8.79. The molecule has 25 heavy (non-hydrogen) atoms. The molecule has 0 aromatic heterocycles. The van der Waals surface area contributed by atoms with Gasteiger partial charge in [0.2, 0.25) is 0 Å². The van der Waals surface area contributed by atoms with Crippen molar-refractivity contribution in [3.05, 3.63) is 0 Å². The van der Waals surface area contributed by atoms with Crippen molar-refractivity contribution in [1.82, 2.24) is 10.6 Å². The molecule has 6 nitrogen and oxygen atoms in total. The molecule has 5 saturated carbocycles. The van der Waals surface area contributed by atoms with Crippen LogP contribution in [-0.4, -0.2) is 28.6 Å². The Labute approximate surface area is 147 Å². The summed E-state index contributed by atoms with van der Waals surface area (Å²) in [5, 5.41) is 14.5. The van der Waals surface area contributed by atoms with Crippen molar-refractivity contribution in [3.8, 4) is 0 Å². The molecular formula is C19H26N2O4. The molecule has 4 bridgehead atoms. The highest BCUT2D eigenvalue weighted by atomic mass is 16.4. The molecule has 1 unspecified atom stereocenters. The molecule has 136 valence electrons. The van der Waals surface area contributed by atoms with Gasteiger partial charge < -0.3 is 10.4 Å². The third-order valence-corrected chi connectivity index (χ3v) is 8.00. The number of carbonyl (C=O) groups is 3. The molecule has 3 atom stereocenters. The van der Waals surface area contributed by atoms with Crippen LogP contribution in [-0.2, 0) is 9.59 Å². The molecule has 6 rings (SSSR count). The fraction of sp³-hybridized carbons (Fsp3) is 0.842. The zero-order valence-corrected chi connectivity index (χ0v) is 14.4. The molecule has 6 fully saturated rings. The number of hydrogen-bond donors (Lipinski definition) is 3. The third-order valence-electron chi connectivity index (χ3n) is 8.00. The van der Waals surface area contributed by atoms with Crippen LogP contribution >= 0.6 is 0 Å². The van der Waals surface area contributed by atoms with Gasteiger partial charge in [0.15, 0.2) is 0 Å². The summed E-state index contributed by atoms with van der Waals surface area (Å²) >= 11 is 0. The molecule has 6 heteroatoms. The highest BCUT2D eigenvalue weighted by Crippen LogP contribution is 2.58. The van der Waals surface area contributed by atoms with Gasteiger partial charge in [0.05, 0.1) is 5.92 Å². The Kier molecular flexibility index (Phi) is 3.26. The lowest BCUT2D eigenvalue weighted by molar-refractivity contribution is -0.139. The third kappa shape index (κ3) is 2.32. The van der Waals surface area contributed by atoms with Crippen molar-refractivity contribution >= 4 is 17.9 Å². The van der Waals surface area contributed by atoms with Crippen LogP contribution in [0.15, 0.2) is 0 Å². The number of carboxylic acid groups (broad SMARTS) is 1. The molecule has 0 spiro atoms. The van der Waals surface area contributed by atoms with Gasteiger partial charge in [0, 0.05) is 5.92 Å². The summed E-state index contributed by atoms with van der Waals surface area (Å²) in [5.41, 5.74) is -0.991. The van der Waals surface area contributed by atoms with E-state index in [0.717, 1.165) is 30.1 Å². The van der Waals surface area contributed by atoms with Crippen LogP contribution in [0, 0.1) is 41.4 Å². The van der Waals surface area contributed by atoms with E-state index < -0.39 is 23.5 Å². The SMILES string of the molecule is O=C1NC(=O)C(CCC2C3CC4CC(C3)CC2C4)([C@H]2C[C@@H]2C(=O)O)N1. The average Bonchev–Trinajstić information content (AvgIpc) is 3.28. The second kappa shape index (κ2) is 5.21. The minimum absolute atomic E-state index is 0.256. The van der Waals surface area contributed by atoms with Crippen LogP contribution in [0.4, 0.5) is 4.79 Å². The van der Waals surface area contributed by atoms with Crippen molar-refractivity contribution in [2.75, 3.05) is 0 Å². The molecule has 1 heterocycles. The molecular weight excluding hydrogens is 320 g/mol. The molecule has 1 saturated heterocycles. The van der Waals surface area contributed by atoms with E-state index in [1.165, 1.54) is 32.1 Å². The van der Waals surface area contributed by atoms with E-state index in [1.807, 2.05) is 0 Å². The highest BCUT2D eigenvalue weighted by Gasteiger charge is 2.63. The van der Waals surface area contributed by atoms with E-state index in [0.29, 0.717) is 18.8 Å². The predicted molar refractivity (Wildman–Crippen MR) is 88.4 cm³/mol. The van der Waals surface area contributed by atoms with Crippen molar-refractivity contribution in [1.29, 1.82) is 0 Å². The van der Waals surface area contributed by atoms with Gasteiger partial charge in [0.1, 0.15) is 5.54 Å². The molecule has 0 aromatic carbocycles. The van der Waals surface area contributed by atoms with E-state index in [4.69, 9.17) is 0 Å². The second-order valence-electron chi connectivity index (χ2n) is 9.30. The van der Waals surface area contributed by atoms with Crippen molar-refractivity contribution in [3.63, 3.8) is 0 Å². The smallest absolute Gasteiger partial charge is 0.322 e. The van der Waals surface area contributed by atoms with Crippen LogP contribution in [0.1, 0.15) is 51.4 Å². The summed E-state index contributed by atoms with van der Waals surface area (Å²) in [7, 11) is 0. The maximum Gasteiger partial charge on any atom is 0.322 e. The fourth-order valence-electron chi connectivity index (χ4n) is 7.04. The number of imide groups is 1. The van der Waals surface area contributed by atoms with E-state index >= 15 is 0 Å². The van der Waals surface area contributed by atoms with Crippen LogP contribution < -0.4 is 10.6 Å². The number of rotatable bonds is 5. The van der Waals surface area contributed by atoms with Gasteiger partial charge in [-0.1, -0.05) is 0 Å². The molecule has 0 aromatic rings. The van der Waals surface area contributed by atoms with Gasteiger partial charge in [-0.2, -0.15) is 0 Å². The van der Waals surface area contributed by atoms with Crippen LogP contribution in [0.25, 0.3) is 0 Å². The second-order valence-corrected chi connectivity index (χ2v) is 9.30. The van der Waals surface area contributed by atoms with Crippen molar-refractivity contribution in [2.45, 2.75) is 56.9 Å². The van der Waals surface area contributed by atoms with Gasteiger partial charge >= 0.3 is 12.0 Å². The first-order valence-corrected chi connectivity index (χ1v) is 9.82. The standard InChI is InChI=1S/C19H26N2O4/c22-16(23)14-8-15(14)19(17(24)20-18(25)21-19)2-1-13-11-4-9-3-10(6-11)7-12(13)5-9/h9-15H,1-8H2,(H,22,23)(H2,20,21,24,25)/t9?,10?,11?,12?,13?,14-,15-,19?/m0/s1. The van der Waals surface area contributed by atoms with Crippen molar-refractivity contribution < 1.29 is 19.5 Å². The van der Waals surface area contributed by atoms with Gasteiger partial charge in [0.25, 0.3) is 5.91 Å². The minimum atomic E-state index is -0.991. The maximum absolute atomic E-state index is 12.5. The molecule has 5 aliphatic carbocycles. The van der Waals surface area contributed by atoms with Crippen molar-refractivity contribution in [2.24, 2.45) is 41.4 Å². The topological polar surface area (TPSA) is 95.5 Å². The number of urea groups is 1. The zero-order valence-electron chi connectivity index (χ0n) is 14.4. The Hall–Kier alpha value is -1.59. The predicted octanol–water partition coefficient (Wildman–Crippen LogP) is 2.14. The number of aliphatic carboxylic acids is 1. The lowest BCUT2D eigenvalue weighted by atomic mass is 9.51. The monoisotopic (exact) mass is 346 g/mol. The van der Waals surface area contributed by atoms with Crippen LogP contribution in [0.3, 0.4) is 0 Å². The zero-order chi connectivity index (χ0) is 17.3. The maximum atomic E-state index is 12.5. The molecule has 3 N–H and O–H groups in total. The highest BCUT2D eigenvalue weighted by molar-refractivity contribution is 6.07. The number of hydrogen-bond acceptors (Lipinski definition) is 3. The fourth-order valence-corrected chi connectivity index (χ4v) is 7.04. The van der Waals surface area contributed by atoms with E-state index in [2.05, 4.69) is 10.6 Å². The van der Waals surface area contributed by atoms with Gasteiger partial charge in [-0.3, -0.25) is 14.9 Å². The Balaban J connectivity index is 1.33. The largest absolute Gasteiger partial charge is 0.481 e. The molecule has 6 aliphatic rings. The van der Waals surface area contributed by atoms with Gasteiger partial charge in [-0.15, -0.1) is 0 Å². The Morgan fingerprint density at radius 2 is 1.68 bits per heavy atom. The lowest BCUT2D eigenvalue weighted by Crippen LogP contribution is -2.51. The number of nitrogens with one attached hydrogen (secondary N) is 2. The summed E-state index contributed by atoms with van der Waals surface area (Å²) in [5.74, 6) is 2.13. The van der Waals surface area contributed by atoms with Crippen LogP contribution in [0.2, 0.25) is 0 Å². The summed E-state index contributed by atoms with van der Waals surface area (Å²) in [6.45, 7) is 0. The molecule has 1 aliphatic heterocycles. The quantitative estimate of drug-likeness (QED) is 0.665. The number of carbonyl (C=O) groups excluding carboxylic acids is 2. The number of amides is 3. The summed E-state index contributed by atoms with van der Waals surface area (Å²) < 4.78 is 0. The van der Waals surface area contributed by atoms with E-state index in [9.17, 15) is 19.5 Å². The molecule has 0 radical (unpaired) electrons. The summed E-state index contributed by atoms with van der Waals surface area (Å²) in [4.78, 5) is 35.7. The van der Waals surface area contributed by atoms with E-state index in [-0.39, 0.29) is 11.8 Å². The van der Waals surface area contributed by atoms with Gasteiger partial charge in [-0.25, -0.2) is 4.79 Å².